The number of phenols is 1. The van der Waals surface area contributed by atoms with Crippen LogP contribution in [0.25, 0.3) is 6.08 Å². The molecule has 0 aliphatic carbocycles. The van der Waals surface area contributed by atoms with Crippen LogP contribution in [0.15, 0.2) is 34.9 Å². The van der Waals surface area contributed by atoms with E-state index in [1.54, 1.807) is 35.2 Å². The quantitative estimate of drug-likeness (QED) is 0.686. The Labute approximate surface area is 125 Å². The van der Waals surface area contributed by atoms with Crippen molar-refractivity contribution in [2.24, 2.45) is 0 Å². The number of aromatic nitrogens is 2. The Bertz CT molecular complexity index is 675. The predicted molar refractivity (Wildman–Crippen MR) is 81.8 cm³/mol. The third-order valence-corrected chi connectivity index (χ3v) is 3.57. The maximum Gasteiger partial charge on any atom is 0.189 e. The van der Waals surface area contributed by atoms with Crippen molar-refractivity contribution in [3.63, 3.8) is 0 Å². The molecule has 5 heteroatoms. The first-order valence-electron chi connectivity index (χ1n) is 6.26. The van der Waals surface area contributed by atoms with E-state index in [-0.39, 0.29) is 11.5 Å². The maximum absolute atomic E-state index is 12.1. The minimum absolute atomic E-state index is 0.124. The fraction of sp³-hybridized carbons (Fsp3) is 0.200. The van der Waals surface area contributed by atoms with Crippen LogP contribution in [-0.4, -0.2) is 20.7 Å². The van der Waals surface area contributed by atoms with Crippen LogP contribution in [0.1, 0.15) is 28.5 Å². The summed E-state index contributed by atoms with van der Waals surface area (Å²) in [5.41, 5.74) is 2.02. The van der Waals surface area contributed by atoms with E-state index in [1.165, 1.54) is 6.08 Å². The van der Waals surface area contributed by atoms with Gasteiger partial charge in [0.15, 0.2) is 5.78 Å². The van der Waals surface area contributed by atoms with Crippen molar-refractivity contribution >= 4 is 27.8 Å². The average molecular weight is 335 g/mol. The van der Waals surface area contributed by atoms with Gasteiger partial charge in [-0.25, -0.2) is 0 Å². The number of hydrogen-bond acceptors (Lipinski definition) is 3. The van der Waals surface area contributed by atoms with Gasteiger partial charge in [0, 0.05) is 22.3 Å². The number of benzene rings is 1. The Hall–Kier alpha value is -1.88. The number of nitrogens with zero attached hydrogens (tertiary/aromatic N) is 2. The molecule has 0 atom stereocenters. The minimum atomic E-state index is -0.124. The Kier molecular flexibility index (Phi) is 4.39. The second-order valence-electron chi connectivity index (χ2n) is 4.36. The third-order valence-electron chi connectivity index (χ3n) is 3.07. The van der Waals surface area contributed by atoms with Gasteiger partial charge in [-0.3, -0.25) is 9.48 Å². The van der Waals surface area contributed by atoms with Crippen molar-refractivity contribution in [1.82, 2.24) is 9.78 Å². The highest BCUT2D eigenvalue weighted by molar-refractivity contribution is 9.10. The molecule has 0 radical (unpaired) electrons. The summed E-state index contributed by atoms with van der Waals surface area (Å²) in [7, 11) is 0. The Morgan fingerprint density at radius 1 is 1.50 bits per heavy atom. The number of ketones is 1. The van der Waals surface area contributed by atoms with Crippen molar-refractivity contribution in [2.75, 3.05) is 0 Å². The SMILES string of the molecule is CCn1ncc(C(=O)/C=C/c2cc(Br)ccc2O)c1C. The van der Waals surface area contributed by atoms with Crippen LogP contribution in [0.3, 0.4) is 0 Å². The van der Waals surface area contributed by atoms with Crippen molar-refractivity contribution < 1.29 is 9.90 Å². The second-order valence-corrected chi connectivity index (χ2v) is 5.28. The summed E-state index contributed by atoms with van der Waals surface area (Å²) < 4.78 is 2.62. The second kappa shape index (κ2) is 6.05. The maximum atomic E-state index is 12.1. The molecule has 0 unspecified atom stereocenters. The number of aryl methyl sites for hydroxylation is 1. The van der Waals surface area contributed by atoms with Gasteiger partial charge in [-0.2, -0.15) is 5.10 Å². The predicted octanol–water partition coefficient (Wildman–Crippen LogP) is 3.58. The molecule has 0 aliphatic heterocycles. The molecule has 0 fully saturated rings. The van der Waals surface area contributed by atoms with E-state index in [1.807, 2.05) is 13.8 Å². The van der Waals surface area contributed by atoms with Gasteiger partial charge in [0.1, 0.15) is 5.75 Å². The van der Waals surface area contributed by atoms with E-state index in [9.17, 15) is 9.90 Å². The van der Waals surface area contributed by atoms with Gasteiger partial charge in [-0.1, -0.05) is 15.9 Å². The lowest BCUT2D eigenvalue weighted by molar-refractivity contribution is 0.104. The van der Waals surface area contributed by atoms with E-state index in [0.717, 1.165) is 16.7 Å². The Morgan fingerprint density at radius 2 is 2.25 bits per heavy atom. The number of carbonyl (C=O) groups is 1. The molecule has 1 aromatic carbocycles. The molecule has 4 nitrogen and oxygen atoms in total. The first-order valence-corrected chi connectivity index (χ1v) is 7.05. The zero-order chi connectivity index (χ0) is 14.7. The van der Waals surface area contributed by atoms with E-state index in [2.05, 4.69) is 21.0 Å². The summed E-state index contributed by atoms with van der Waals surface area (Å²) in [6, 6.07) is 5.07. The summed E-state index contributed by atoms with van der Waals surface area (Å²) in [4.78, 5) is 12.1. The normalized spacial score (nSPS) is 11.2. The molecule has 0 saturated carbocycles. The van der Waals surface area contributed by atoms with Gasteiger partial charge < -0.3 is 5.11 Å². The fourth-order valence-corrected chi connectivity index (χ4v) is 2.30. The molecular weight excluding hydrogens is 320 g/mol. The Morgan fingerprint density at radius 3 is 2.90 bits per heavy atom. The van der Waals surface area contributed by atoms with Crippen LogP contribution in [0, 0.1) is 6.92 Å². The van der Waals surface area contributed by atoms with Crippen molar-refractivity contribution in [2.45, 2.75) is 20.4 Å². The van der Waals surface area contributed by atoms with Gasteiger partial charge in [-0.15, -0.1) is 0 Å². The average Bonchev–Trinajstić information content (AvgIpc) is 2.80. The number of allylic oxidation sites excluding steroid dienone is 1. The number of carbonyl (C=O) groups excluding carboxylic acids is 1. The first-order chi connectivity index (χ1) is 9.52. The lowest BCUT2D eigenvalue weighted by Gasteiger charge is -2.00. The van der Waals surface area contributed by atoms with Gasteiger partial charge in [-0.05, 0) is 44.2 Å². The van der Waals surface area contributed by atoms with Crippen molar-refractivity contribution in [3.05, 3.63) is 51.8 Å². The van der Waals surface area contributed by atoms with Gasteiger partial charge >= 0.3 is 0 Å². The number of phenolic OH excluding ortho intramolecular Hbond substituents is 1. The fourth-order valence-electron chi connectivity index (χ4n) is 1.92. The standard InChI is InChI=1S/C15H15BrN2O2/c1-3-18-10(2)13(9-17-18)15(20)6-4-11-8-12(16)5-7-14(11)19/h4-9,19H,3H2,1-2H3/b6-4+. The smallest absolute Gasteiger partial charge is 0.189 e. The zero-order valence-electron chi connectivity index (χ0n) is 11.3. The molecule has 0 amide bonds. The highest BCUT2D eigenvalue weighted by Crippen LogP contribution is 2.23. The summed E-state index contributed by atoms with van der Waals surface area (Å²) in [6.45, 7) is 4.58. The molecule has 0 aliphatic rings. The van der Waals surface area contributed by atoms with Crippen LogP contribution in [0.2, 0.25) is 0 Å². The van der Waals surface area contributed by atoms with Crippen molar-refractivity contribution in [3.8, 4) is 5.75 Å². The molecular formula is C15H15BrN2O2. The van der Waals surface area contributed by atoms with E-state index in [4.69, 9.17) is 0 Å². The number of aromatic hydroxyl groups is 1. The first kappa shape index (κ1) is 14.5. The molecule has 1 aromatic heterocycles. The molecule has 0 bridgehead atoms. The van der Waals surface area contributed by atoms with Crippen LogP contribution >= 0.6 is 15.9 Å². The largest absolute Gasteiger partial charge is 0.507 e. The van der Waals surface area contributed by atoms with Crippen LogP contribution in [0.5, 0.6) is 5.75 Å². The van der Waals surface area contributed by atoms with E-state index >= 15 is 0 Å². The molecule has 1 heterocycles. The summed E-state index contributed by atoms with van der Waals surface area (Å²) in [6.07, 6.45) is 4.63. The van der Waals surface area contributed by atoms with E-state index < -0.39 is 0 Å². The van der Waals surface area contributed by atoms with Crippen molar-refractivity contribution in [1.29, 1.82) is 0 Å². The zero-order valence-corrected chi connectivity index (χ0v) is 12.9. The number of rotatable bonds is 4. The molecule has 1 N–H and O–H groups in total. The molecule has 0 saturated heterocycles. The summed E-state index contributed by atoms with van der Waals surface area (Å²) in [5, 5.41) is 13.9. The number of halogens is 1. The van der Waals surface area contributed by atoms with Gasteiger partial charge in [0.05, 0.1) is 11.8 Å². The van der Waals surface area contributed by atoms with Crippen LogP contribution < -0.4 is 0 Å². The van der Waals surface area contributed by atoms with Crippen LogP contribution in [-0.2, 0) is 6.54 Å². The summed E-state index contributed by atoms with van der Waals surface area (Å²) in [5.74, 6) is 0.0137. The molecule has 2 rings (SSSR count). The lowest BCUT2D eigenvalue weighted by atomic mass is 10.1. The number of hydrogen-bond donors (Lipinski definition) is 1. The molecule has 0 spiro atoms. The molecule has 2 aromatic rings. The lowest BCUT2D eigenvalue weighted by Crippen LogP contribution is -2.01. The minimum Gasteiger partial charge on any atom is -0.507 e. The monoisotopic (exact) mass is 334 g/mol. The molecule has 104 valence electrons. The summed E-state index contributed by atoms with van der Waals surface area (Å²) >= 11 is 3.33. The topological polar surface area (TPSA) is 55.1 Å². The van der Waals surface area contributed by atoms with Gasteiger partial charge in [0.25, 0.3) is 0 Å². The van der Waals surface area contributed by atoms with Crippen LogP contribution in [0.4, 0.5) is 0 Å². The van der Waals surface area contributed by atoms with Gasteiger partial charge in [0.2, 0.25) is 0 Å². The third kappa shape index (κ3) is 2.99. The Balaban J connectivity index is 2.24. The molecule has 20 heavy (non-hydrogen) atoms. The highest BCUT2D eigenvalue weighted by Gasteiger charge is 2.11. The highest BCUT2D eigenvalue weighted by atomic mass is 79.9. The van der Waals surface area contributed by atoms with E-state index in [0.29, 0.717) is 11.1 Å².